The number of hydrogen-bond acceptors (Lipinski definition) is 4. The van der Waals surface area contributed by atoms with Gasteiger partial charge >= 0.3 is 0 Å². The van der Waals surface area contributed by atoms with Crippen molar-refractivity contribution in [3.63, 3.8) is 0 Å². The van der Waals surface area contributed by atoms with Crippen LogP contribution in [-0.4, -0.2) is 33.1 Å². The van der Waals surface area contributed by atoms with E-state index >= 15 is 0 Å². The van der Waals surface area contributed by atoms with Crippen LogP contribution in [0.4, 0.5) is 5.95 Å². The molecule has 0 saturated heterocycles. The van der Waals surface area contributed by atoms with Crippen LogP contribution in [0, 0.1) is 0 Å². The highest BCUT2D eigenvalue weighted by molar-refractivity contribution is 5.98. The van der Waals surface area contributed by atoms with Gasteiger partial charge in [0.05, 0.1) is 6.54 Å². The molecule has 2 aromatic rings. The fourth-order valence-electron chi connectivity index (χ4n) is 1.71. The molecule has 0 aliphatic heterocycles. The van der Waals surface area contributed by atoms with Gasteiger partial charge < -0.3 is 5.32 Å². The number of rotatable bonds is 6. The topological polar surface area (TPSA) is 88.9 Å². The average Bonchev–Trinajstić information content (AvgIpc) is 2.93. The van der Waals surface area contributed by atoms with Crippen molar-refractivity contribution in [1.29, 1.82) is 0 Å². The van der Waals surface area contributed by atoms with E-state index in [0.717, 1.165) is 13.0 Å². The number of carbonyl (C=O) groups is 2. The van der Waals surface area contributed by atoms with Crippen molar-refractivity contribution in [2.45, 2.75) is 19.9 Å². The molecule has 0 aliphatic carbocycles. The Morgan fingerprint density at radius 2 is 2.00 bits per heavy atom. The highest BCUT2D eigenvalue weighted by Crippen LogP contribution is 1.99. The summed E-state index contributed by atoms with van der Waals surface area (Å²) in [4.78, 5) is 27.4. The molecule has 21 heavy (non-hydrogen) atoms. The minimum atomic E-state index is -0.367. The number of hydrogen-bond donors (Lipinski definition) is 2. The monoisotopic (exact) mass is 287 g/mol. The molecule has 2 rings (SSSR count). The lowest BCUT2D eigenvalue weighted by atomic mass is 10.2. The van der Waals surface area contributed by atoms with E-state index in [1.807, 2.05) is 13.0 Å². The molecular weight excluding hydrogens is 270 g/mol. The molecule has 0 aliphatic rings. The van der Waals surface area contributed by atoms with Crippen molar-refractivity contribution >= 4 is 17.8 Å². The quantitative estimate of drug-likeness (QED) is 0.831. The van der Waals surface area contributed by atoms with Crippen molar-refractivity contribution < 1.29 is 9.59 Å². The lowest BCUT2D eigenvalue weighted by Crippen LogP contribution is -2.33. The van der Waals surface area contributed by atoms with Crippen LogP contribution < -0.4 is 10.6 Å². The molecule has 0 spiro atoms. The Morgan fingerprint density at radius 1 is 1.24 bits per heavy atom. The zero-order chi connectivity index (χ0) is 15.1. The second kappa shape index (κ2) is 7.18. The highest BCUT2D eigenvalue weighted by Gasteiger charge is 2.09. The van der Waals surface area contributed by atoms with Gasteiger partial charge in [-0.2, -0.15) is 0 Å². The van der Waals surface area contributed by atoms with Crippen molar-refractivity contribution in [1.82, 2.24) is 20.1 Å². The molecule has 110 valence electrons. The van der Waals surface area contributed by atoms with Crippen LogP contribution in [0.2, 0.25) is 0 Å². The van der Waals surface area contributed by atoms with E-state index in [0.29, 0.717) is 5.56 Å². The van der Waals surface area contributed by atoms with Crippen LogP contribution in [-0.2, 0) is 11.3 Å². The zero-order valence-corrected chi connectivity index (χ0v) is 11.7. The maximum atomic E-state index is 11.8. The summed E-state index contributed by atoms with van der Waals surface area (Å²) in [6, 6.07) is 8.71. The van der Waals surface area contributed by atoms with Gasteiger partial charge in [-0.05, 0) is 18.6 Å². The molecule has 0 radical (unpaired) electrons. The SMILES string of the molecule is CCCn1cnc(NC(=O)CNC(=O)c2ccccc2)n1. The zero-order valence-electron chi connectivity index (χ0n) is 11.7. The molecule has 0 unspecified atom stereocenters. The van der Waals surface area contributed by atoms with E-state index in [1.165, 1.54) is 0 Å². The van der Waals surface area contributed by atoms with Crippen molar-refractivity contribution in [3.05, 3.63) is 42.2 Å². The summed E-state index contributed by atoms with van der Waals surface area (Å²) in [5, 5.41) is 9.15. The van der Waals surface area contributed by atoms with E-state index in [-0.39, 0.29) is 24.3 Å². The van der Waals surface area contributed by atoms with E-state index in [9.17, 15) is 9.59 Å². The van der Waals surface area contributed by atoms with Gasteiger partial charge in [-0.25, -0.2) is 4.98 Å². The highest BCUT2D eigenvalue weighted by atomic mass is 16.2. The fraction of sp³-hybridized carbons (Fsp3) is 0.286. The van der Waals surface area contributed by atoms with Gasteiger partial charge in [0.15, 0.2) is 0 Å². The molecule has 7 heteroatoms. The Hall–Kier alpha value is -2.70. The molecule has 1 aromatic carbocycles. The number of aromatic nitrogens is 3. The van der Waals surface area contributed by atoms with E-state index in [2.05, 4.69) is 20.7 Å². The lowest BCUT2D eigenvalue weighted by Gasteiger charge is -2.04. The van der Waals surface area contributed by atoms with Crippen LogP contribution in [0.1, 0.15) is 23.7 Å². The largest absolute Gasteiger partial charge is 0.343 e. The maximum absolute atomic E-state index is 11.8. The molecule has 0 bridgehead atoms. The summed E-state index contributed by atoms with van der Waals surface area (Å²) in [5.74, 6) is -0.425. The van der Waals surface area contributed by atoms with Crippen molar-refractivity contribution in [3.8, 4) is 0 Å². The van der Waals surface area contributed by atoms with Gasteiger partial charge in [0.2, 0.25) is 11.9 Å². The lowest BCUT2D eigenvalue weighted by molar-refractivity contribution is -0.115. The minimum Gasteiger partial charge on any atom is -0.343 e. The van der Waals surface area contributed by atoms with Crippen LogP contribution >= 0.6 is 0 Å². The van der Waals surface area contributed by atoms with Gasteiger partial charge in [0, 0.05) is 12.1 Å². The first-order chi connectivity index (χ1) is 10.2. The summed E-state index contributed by atoms with van der Waals surface area (Å²) in [6.45, 7) is 2.64. The van der Waals surface area contributed by atoms with Gasteiger partial charge in [-0.1, -0.05) is 25.1 Å². The number of benzene rings is 1. The second-order valence-electron chi connectivity index (χ2n) is 4.43. The third-order valence-electron chi connectivity index (χ3n) is 2.69. The summed E-state index contributed by atoms with van der Waals surface area (Å²) >= 11 is 0. The normalized spacial score (nSPS) is 10.1. The smallest absolute Gasteiger partial charge is 0.251 e. The number of nitrogens with one attached hydrogen (secondary N) is 2. The van der Waals surface area contributed by atoms with Crippen LogP contribution in [0.25, 0.3) is 0 Å². The third-order valence-corrected chi connectivity index (χ3v) is 2.69. The summed E-state index contributed by atoms with van der Waals surface area (Å²) in [5.41, 5.74) is 0.510. The molecule has 0 fully saturated rings. The van der Waals surface area contributed by atoms with Crippen LogP contribution in [0.5, 0.6) is 0 Å². The number of carbonyl (C=O) groups excluding carboxylic acids is 2. The van der Waals surface area contributed by atoms with Gasteiger partial charge in [-0.15, -0.1) is 5.10 Å². The van der Waals surface area contributed by atoms with E-state index in [4.69, 9.17) is 0 Å². The van der Waals surface area contributed by atoms with E-state index < -0.39 is 0 Å². The Morgan fingerprint density at radius 3 is 2.71 bits per heavy atom. The molecular formula is C14H17N5O2. The molecule has 0 atom stereocenters. The van der Waals surface area contributed by atoms with Gasteiger partial charge in [0.25, 0.3) is 5.91 Å². The summed E-state index contributed by atoms with van der Waals surface area (Å²) in [6.07, 6.45) is 2.49. The summed E-state index contributed by atoms with van der Waals surface area (Å²) in [7, 11) is 0. The van der Waals surface area contributed by atoms with E-state index in [1.54, 1.807) is 35.3 Å². The number of nitrogens with zero attached hydrogens (tertiary/aromatic N) is 3. The first-order valence-corrected chi connectivity index (χ1v) is 6.71. The Balaban J connectivity index is 1.80. The first-order valence-electron chi connectivity index (χ1n) is 6.71. The predicted molar refractivity (Wildman–Crippen MR) is 77.7 cm³/mol. The summed E-state index contributed by atoms with van der Waals surface area (Å²) < 4.78 is 1.65. The van der Waals surface area contributed by atoms with Gasteiger partial charge in [-0.3, -0.25) is 19.6 Å². The standard InChI is InChI=1S/C14H17N5O2/c1-2-8-19-10-16-14(18-19)17-12(20)9-15-13(21)11-6-4-3-5-7-11/h3-7,10H,2,8-9H2,1H3,(H,15,21)(H,17,18,20). The van der Waals surface area contributed by atoms with Crippen molar-refractivity contribution in [2.75, 3.05) is 11.9 Å². The van der Waals surface area contributed by atoms with Crippen LogP contribution in [0.3, 0.4) is 0 Å². The first kappa shape index (κ1) is 14.7. The van der Waals surface area contributed by atoms with Crippen LogP contribution in [0.15, 0.2) is 36.7 Å². The number of amides is 2. The third kappa shape index (κ3) is 4.41. The maximum Gasteiger partial charge on any atom is 0.251 e. The number of aryl methyl sites for hydroxylation is 1. The Labute approximate surface area is 122 Å². The molecule has 1 aromatic heterocycles. The Kier molecular flexibility index (Phi) is 5.03. The van der Waals surface area contributed by atoms with Crippen molar-refractivity contribution in [2.24, 2.45) is 0 Å². The fourth-order valence-corrected chi connectivity index (χ4v) is 1.71. The molecule has 2 amide bonds. The average molecular weight is 287 g/mol. The molecule has 0 saturated carbocycles. The molecule has 1 heterocycles. The minimum absolute atomic E-state index is 0.129. The number of anilines is 1. The predicted octanol–water partition coefficient (Wildman–Crippen LogP) is 1.06. The Bertz CT molecular complexity index is 609. The van der Waals surface area contributed by atoms with Gasteiger partial charge in [0.1, 0.15) is 6.33 Å². The second-order valence-corrected chi connectivity index (χ2v) is 4.43. The molecule has 7 nitrogen and oxygen atoms in total. The molecule has 2 N–H and O–H groups in total.